The Balaban J connectivity index is 1.33. The first-order valence-corrected chi connectivity index (χ1v) is 10.7. The van der Waals surface area contributed by atoms with Gasteiger partial charge in [-0.25, -0.2) is 23.7 Å². The SMILES string of the molecule is CNc1nc(Nc2ccc(CN3CCC(F)(F)C3)cc2)cnc1-c1cncc2c1ncn2C. The van der Waals surface area contributed by atoms with Crippen molar-refractivity contribution >= 4 is 28.4 Å². The van der Waals surface area contributed by atoms with Crippen molar-refractivity contribution in [2.24, 2.45) is 7.05 Å². The van der Waals surface area contributed by atoms with Crippen molar-refractivity contribution < 1.29 is 8.78 Å². The minimum absolute atomic E-state index is 0.0694. The number of nitrogens with zero attached hydrogens (tertiary/aromatic N) is 6. The molecule has 0 bridgehead atoms. The fourth-order valence-electron chi connectivity index (χ4n) is 4.08. The largest absolute Gasteiger partial charge is 0.371 e. The van der Waals surface area contributed by atoms with Gasteiger partial charge in [0.1, 0.15) is 11.2 Å². The molecule has 4 heterocycles. The highest BCUT2D eigenvalue weighted by Gasteiger charge is 2.37. The summed E-state index contributed by atoms with van der Waals surface area (Å²) in [4.78, 5) is 19.9. The van der Waals surface area contributed by atoms with Gasteiger partial charge in [0.2, 0.25) is 0 Å². The third-order valence-corrected chi connectivity index (χ3v) is 5.78. The first kappa shape index (κ1) is 21.2. The molecular weight excluding hydrogens is 426 g/mol. The van der Waals surface area contributed by atoms with E-state index in [-0.39, 0.29) is 13.0 Å². The number of nitrogens with one attached hydrogen (secondary N) is 2. The summed E-state index contributed by atoms with van der Waals surface area (Å²) in [5.74, 6) is -1.39. The van der Waals surface area contributed by atoms with E-state index >= 15 is 0 Å². The lowest BCUT2D eigenvalue weighted by Crippen LogP contribution is -2.24. The van der Waals surface area contributed by atoms with Crippen LogP contribution >= 0.6 is 0 Å². The molecule has 0 aliphatic carbocycles. The Bertz CT molecular complexity index is 1290. The standard InChI is InChI=1S/C23H24F2N8/c1-26-22-21(17-9-27-10-18-20(17)29-14-32(18)2)28-11-19(31-22)30-16-5-3-15(4-6-16)12-33-8-7-23(24,25)13-33/h3-6,9-11,14H,7-8,12-13H2,1-2H3,(H2,26,30,31). The Labute approximate surface area is 189 Å². The second-order valence-corrected chi connectivity index (χ2v) is 8.25. The average Bonchev–Trinajstić information content (AvgIpc) is 3.36. The fraction of sp³-hybridized carbons (Fsp3) is 0.304. The van der Waals surface area contributed by atoms with Crippen LogP contribution in [-0.4, -0.2) is 55.5 Å². The molecule has 0 saturated carbocycles. The summed E-state index contributed by atoms with van der Waals surface area (Å²) in [6.45, 7) is 0.758. The molecule has 2 N–H and O–H groups in total. The number of benzene rings is 1. The van der Waals surface area contributed by atoms with Crippen LogP contribution in [0, 0.1) is 0 Å². The normalized spacial score (nSPS) is 15.8. The van der Waals surface area contributed by atoms with E-state index in [9.17, 15) is 8.78 Å². The van der Waals surface area contributed by atoms with Gasteiger partial charge in [0, 0.05) is 45.5 Å². The third kappa shape index (κ3) is 4.34. The van der Waals surface area contributed by atoms with Gasteiger partial charge in [-0.15, -0.1) is 0 Å². The summed E-state index contributed by atoms with van der Waals surface area (Å²) in [5.41, 5.74) is 5.02. The number of pyridine rings is 1. The number of anilines is 3. The first-order chi connectivity index (χ1) is 15.9. The van der Waals surface area contributed by atoms with E-state index < -0.39 is 5.92 Å². The van der Waals surface area contributed by atoms with Crippen LogP contribution in [0.4, 0.5) is 26.1 Å². The van der Waals surface area contributed by atoms with E-state index in [1.807, 2.05) is 35.9 Å². The smallest absolute Gasteiger partial charge is 0.261 e. The Morgan fingerprint density at radius 2 is 1.91 bits per heavy atom. The van der Waals surface area contributed by atoms with Gasteiger partial charge in [0.15, 0.2) is 11.6 Å². The number of likely N-dealkylation sites (tertiary alicyclic amines) is 1. The highest BCUT2D eigenvalue weighted by atomic mass is 19.3. The molecule has 0 amide bonds. The zero-order valence-corrected chi connectivity index (χ0v) is 18.4. The van der Waals surface area contributed by atoms with E-state index in [4.69, 9.17) is 0 Å². The van der Waals surface area contributed by atoms with Crippen molar-refractivity contribution in [3.05, 3.63) is 54.7 Å². The third-order valence-electron chi connectivity index (χ3n) is 5.78. The first-order valence-electron chi connectivity index (χ1n) is 10.7. The quantitative estimate of drug-likeness (QED) is 0.458. The molecule has 1 fully saturated rings. The fourth-order valence-corrected chi connectivity index (χ4v) is 4.08. The minimum Gasteiger partial charge on any atom is -0.371 e. The molecule has 5 rings (SSSR count). The summed E-state index contributed by atoms with van der Waals surface area (Å²) in [6.07, 6.45) is 6.85. The number of hydrogen-bond donors (Lipinski definition) is 2. The molecule has 0 atom stereocenters. The molecule has 1 aromatic carbocycles. The summed E-state index contributed by atoms with van der Waals surface area (Å²) in [5, 5.41) is 6.36. The molecule has 1 aliphatic heterocycles. The predicted molar refractivity (Wildman–Crippen MR) is 124 cm³/mol. The molecule has 1 aliphatic rings. The zero-order valence-electron chi connectivity index (χ0n) is 18.4. The van der Waals surface area contributed by atoms with Crippen LogP contribution in [-0.2, 0) is 13.6 Å². The van der Waals surface area contributed by atoms with E-state index in [0.29, 0.717) is 30.4 Å². The van der Waals surface area contributed by atoms with Gasteiger partial charge >= 0.3 is 0 Å². The highest BCUT2D eigenvalue weighted by molar-refractivity contribution is 5.93. The number of rotatable bonds is 6. The van der Waals surface area contributed by atoms with Crippen LogP contribution in [0.25, 0.3) is 22.3 Å². The van der Waals surface area contributed by atoms with Gasteiger partial charge in [-0.2, -0.15) is 0 Å². The van der Waals surface area contributed by atoms with Crippen LogP contribution in [0.5, 0.6) is 0 Å². The Kier molecular flexibility index (Phi) is 5.37. The average molecular weight is 450 g/mol. The molecule has 10 heteroatoms. The number of imidazole rings is 1. The van der Waals surface area contributed by atoms with Crippen molar-refractivity contribution in [3.8, 4) is 11.3 Å². The van der Waals surface area contributed by atoms with Crippen molar-refractivity contribution in [2.45, 2.75) is 18.9 Å². The van der Waals surface area contributed by atoms with Gasteiger partial charge in [-0.1, -0.05) is 12.1 Å². The molecule has 8 nitrogen and oxygen atoms in total. The monoisotopic (exact) mass is 450 g/mol. The molecular formula is C23H24F2N8. The van der Waals surface area contributed by atoms with E-state index in [2.05, 4.69) is 30.6 Å². The Hall–Kier alpha value is -3.66. The summed E-state index contributed by atoms with van der Waals surface area (Å²) >= 11 is 0. The summed E-state index contributed by atoms with van der Waals surface area (Å²) < 4.78 is 28.7. The van der Waals surface area contributed by atoms with Crippen LogP contribution in [0.3, 0.4) is 0 Å². The maximum absolute atomic E-state index is 13.4. The van der Waals surface area contributed by atoms with Gasteiger partial charge in [-0.05, 0) is 17.7 Å². The molecule has 3 aromatic heterocycles. The van der Waals surface area contributed by atoms with Gasteiger partial charge < -0.3 is 15.2 Å². The zero-order chi connectivity index (χ0) is 23.0. The topological polar surface area (TPSA) is 83.8 Å². The summed E-state index contributed by atoms with van der Waals surface area (Å²) in [7, 11) is 3.71. The minimum atomic E-state index is -2.57. The Morgan fingerprint density at radius 3 is 2.64 bits per heavy atom. The van der Waals surface area contributed by atoms with Gasteiger partial charge in [-0.3, -0.25) is 9.88 Å². The van der Waals surface area contributed by atoms with Crippen LogP contribution in [0.2, 0.25) is 0 Å². The predicted octanol–water partition coefficient (Wildman–Crippen LogP) is 4.05. The van der Waals surface area contributed by atoms with Crippen LogP contribution in [0.1, 0.15) is 12.0 Å². The number of fused-ring (bicyclic) bond motifs is 1. The number of alkyl halides is 2. The molecule has 0 spiro atoms. The van der Waals surface area contributed by atoms with Crippen molar-refractivity contribution in [1.29, 1.82) is 0 Å². The molecule has 1 saturated heterocycles. The number of hydrogen-bond acceptors (Lipinski definition) is 7. The molecule has 0 radical (unpaired) electrons. The second kappa shape index (κ2) is 8.36. The molecule has 4 aromatic rings. The lowest BCUT2D eigenvalue weighted by atomic mass is 10.1. The summed E-state index contributed by atoms with van der Waals surface area (Å²) in [6, 6.07) is 7.70. The molecule has 170 valence electrons. The van der Waals surface area contributed by atoms with Crippen molar-refractivity contribution in [3.63, 3.8) is 0 Å². The maximum Gasteiger partial charge on any atom is 0.261 e. The van der Waals surface area contributed by atoms with E-state index in [0.717, 1.165) is 27.8 Å². The van der Waals surface area contributed by atoms with Crippen LogP contribution in [0.15, 0.2) is 49.2 Å². The Morgan fingerprint density at radius 1 is 1.09 bits per heavy atom. The molecule has 0 unspecified atom stereocenters. The number of aromatic nitrogens is 5. The van der Waals surface area contributed by atoms with Crippen molar-refractivity contribution in [1.82, 2.24) is 29.4 Å². The molecule has 33 heavy (non-hydrogen) atoms. The number of halogens is 2. The second-order valence-electron chi connectivity index (χ2n) is 8.25. The maximum atomic E-state index is 13.4. The van der Waals surface area contributed by atoms with E-state index in [1.54, 1.807) is 36.9 Å². The van der Waals surface area contributed by atoms with Crippen LogP contribution < -0.4 is 10.6 Å². The van der Waals surface area contributed by atoms with Gasteiger partial charge in [0.05, 0.1) is 36.3 Å². The van der Waals surface area contributed by atoms with Gasteiger partial charge in [0.25, 0.3) is 5.92 Å². The lowest BCUT2D eigenvalue weighted by molar-refractivity contribution is 0.0115. The highest BCUT2D eigenvalue weighted by Crippen LogP contribution is 2.31. The number of aryl methyl sites for hydroxylation is 1. The van der Waals surface area contributed by atoms with E-state index in [1.165, 1.54) is 0 Å². The van der Waals surface area contributed by atoms with Crippen molar-refractivity contribution in [2.75, 3.05) is 30.8 Å². The lowest BCUT2D eigenvalue weighted by Gasteiger charge is -2.16.